The van der Waals surface area contributed by atoms with Crippen LogP contribution in [0.1, 0.15) is 26.2 Å². The molecule has 0 saturated carbocycles. The maximum Gasteiger partial charge on any atom is 0.279 e. The molecule has 4 nitrogen and oxygen atoms in total. The zero-order valence-corrected chi connectivity index (χ0v) is 12.9. The molecule has 108 valence electrons. The third-order valence-corrected chi connectivity index (χ3v) is 3.08. The Morgan fingerprint density at radius 2 is 1.89 bits per heavy atom. The molecule has 0 radical (unpaired) electrons. The van der Waals surface area contributed by atoms with E-state index in [-0.39, 0.29) is 5.24 Å². The van der Waals surface area contributed by atoms with Gasteiger partial charge in [-0.1, -0.05) is 31.5 Å². The van der Waals surface area contributed by atoms with Crippen molar-refractivity contribution in [3.05, 3.63) is 0 Å². The lowest BCUT2D eigenvalue weighted by molar-refractivity contribution is 0.0606. The lowest BCUT2D eigenvalue weighted by Crippen LogP contribution is -2.20. The highest BCUT2D eigenvalue weighted by Gasteiger charge is 2.00. The number of unbranched alkanes of at least 4 members (excludes halogenated alkanes) is 2. The molecular formula is C12H25NO3S2. The SMILES string of the molecule is CCCCCNC(=O)SCCOCCOCCS. The number of thioether (sulfide) groups is 1. The van der Waals surface area contributed by atoms with E-state index in [2.05, 4.69) is 24.9 Å². The standard InChI is InChI=1S/C12H25NO3S2/c1-2-3-4-5-13-12(14)18-11-9-16-7-6-15-8-10-17/h17H,2-11H2,1H3,(H,13,14). The number of amides is 1. The van der Waals surface area contributed by atoms with Crippen LogP contribution in [0.4, 0.5) is 4.79 Å². The van der Waals surface area contributed by atoms with E-state index in [9.17, 15) is 4.79 Å². The molecule has 0 aromatic heterocycles. The van der Waals surface area contributed by atoms with Gasteiger partial charge in [0, 0.05) is 18.1 Å². The van der Waals surface area contributed by atoms with Crippen LogP contribution < -0.4 is 5.32 Å². The van der Waals surface area contributed by atoms with Gasteiger partial charge in [0.15, 0.2) is 0 Å². The van der Waals surface area contributed by atoms with E-state index in [0.717, 1.165) is 18.7 Å². The summed E-state index contributed by atoms with van der Waals surface area (Å²) in [7, 11) is 0. The molecule has 0 unspecified atom stereocenters. The minimum absolute atomic E-state index is 0.0426. The predicted octanol–water partition coefficient (Wildman–Crippen LogP) is 2.58. The Morgan fingerprint density at radius 1 is 1.17 bits per heavy atom. The third kappa shape index (κ3) is 14.2. The van der Waals surface area contributed by atoms with Crippen molar-refractivity contribution in [1.82, 2.24) is 5.32 Å². The van der Waals surface area contributed by atoms with Gasteiger partial charge >= 0.3 is 0 Å². The van der Waals surface area contributed by atoms with Gasteiger partial charge in [0.1, 0.15) is 0 Å². The summed E-state index contributed by atoms with van der Waals surface area (Å²) < 4.78 is 10.5. The number of thiol groups is 1. The topological polar surface area (TPSA) is 47.6 Å². The van der Waals surface area contributed by atoms with Gasteiger partial charge in [0.05, 0.1) is 26.4 Å². The summed E-state index contributed by atoms with van der Waals surface area (Å²) in [5.41, 5.74) is 0. The van der Waals surface area contributed by atoms with E-state index in [1.54, 1.807) is 0 Å². The van der Waals surface area contributed by atoms with Crippen LogP contribution >= 0.6 is 24.4 Å². The molecule has 18 heavy (non-hydrogen) atoms. The molecule has 0 spiro atoms. The lowest BCUT2D eigenvalue weighted by atomic mass is 10.2. The largest absolute Gasteiger partial charge is 0.378 e. The third-order valence-electron chi connectivity index (χ3n) is 2.12. The zero-order valence-electron chi connectivity index (χ0n) is 11.2. The van der Waals surface area contributed by atoms with Crippen LogP contribution in [0.3, 0.4) is 0 Å². The molecule has 0 fully saturated rings. The molecule has 1 N–H and O–H groups in total. The van der Waals surface area contributed by atoms with Crippen molar-refractivity contribution >= 4 is 29.6 Å². The number of hydrogen-bond donors (Lipinski definition) is 2. The second kappa shape index (κ2) is 15.1. The molecule has 0 bridgehead atoms. The molecule has 0 aliphatic rings. The van der Waals surface area contributed by atoms with Crippen molar-refractivity contribution in [2.24, 2.45) is 0 Å². The van der Waals surface area contributed by atoms with E-state index in [1.165, 1.54) is 24.6 Å². The highest BCUT2D eigenvalue weighted by molar-refractivity contribution is 8.13. The summed E-state index contributed by atoms with van der Waals surface area (Å²) in [5, 5.41) is 2.91. The fourth-order valence-corrected chi connectivity index (χ4v) is 1.92. The second-order valence-corrected chi connectivity index (χ2v) is 5.23. The zero-order chi connectivity index (χ0) is 13.5. The summed E-state index contributed by atoms with van der Waals surface area (Å²) in [4.78, 5) is 11.3. The number of carbonyl (C=O) groups is 1. The van der Waals surface area contributed by atoms with Gasteiger partial charge in [-0.15, -0.1) is 0 Å². The lowest BCUT2D eigenvalue weighted by Gasteiger charge is -2.05. The average Bonchev–Trinajstić information content (AvgIpc) is 2.38. The van der Waals surface area contributed by atoms with Crippen molar-refractivity contribution in [3.63, 3.8) is 0 Å². The van der Waals surface area contributed by atoms with Gasteiger partial charge in [-0.25, -0.2) is 0 Å². The number of ether oxygens (including phenoxy) is 2. The van der Waals surface area contributed by atoms with Gasteiger partial charge in [0.2, 0.25) is 0 Å². The first kappa shape index (κ1) is 18.1. The molecule has 0 aliphatic heterocycles. The van der Waals surface area contributed by atoms with E-state index >= 15 is 0 Å². The minimum Gasteiger partial charge on any atom is -0.378 e. The van der Waals surface area contributed by atoms with Crippen molar-refractivity contribution < 1.29 is 14.3 Å². The molecular weight excluding hydrogens is 270 g/mol. The molecule has 0 aromatic rings. The van der Waals surface area contributed by atoms with Gasteiger partial charge in [-0.2, -0.15) is 12.6 Å². The average molecular weight is 295 g/mol. The first-order valence-electron chi connectivity index (χ1n) is 6.48. The first-order chi connectivity index (χ1) is 8.81. The van der Waals surface area contributed by atoms with Crippen molar-refractivity contribution in [1.29, 1.82) is 0 Å². The van der Waals surface area contributed by atoms with Crippen LogP contribution in [0.15, 0.2) is 0 Å². The normalized spacial score (nSPS) is 10.6. The fraction of sp³-hybridized carbons (Fsp3) is 0.917. The van der Waals surface area contributed by atoms with E-state index in [0.29, 0.717) is 32.2 Å². The molecule has 0 rings (SSSR count). The quantitative estimate of drug-likeness (QED) is 0.429. The summed E-state index contributed by atoms with van der Waals surface area (Å²) in [6, 6.07) is 0. The maximum absolute atomic E-state index is 11.3. The van der Waals surface area contributed by atoms with Crippen LogP contribution in [0, 0.1) is 0 Å². The summed E-state index contributed by atoms with van der Waals surface area (Å²) in [6.07, 6.45) is 3.40. The van der Waals surface area contributed by atoms with Crippen LogP contribution in [0.5, 0.6) is 0 Å². The van der Waals surface area contributed by atoms with Gasteiger partial charge in [-0.05, 0) is 6.42 Å². The van der Waals surface area contributed by atoms with E-state index < -0.39 is 0 Å². The Hall–Kier alpha value is 0.0900. The molecule has 0 aromatic carbocycles. The highest BCUT2D eigenvalue weighted by Crippen LogP contribution is 2.01. The highest BCUT2D eigenvalue weighted by atomic mass is 32.2. The summed E-state index contributed by atoms with van der Waals surface area (Å²) in [5.74, 6) is 1.42. The Kier molecular flexibility index (Phi) is 15.2. The Labute approximate surface area is 120 Å². The van der Waals surface area contributed by atoms with Crippen LogP contribution in [0.2, 0.25) is 0 Å². The number of hydrogen-bond acceptors (Lipinski definition) is 5. The van der Waals surface area contributed by atoms with Crippen LogP contribution in [0.25, 0.3) is 0 Å². The molecule has 0 atom stereocenters. The van der Waals surface area contributed by atoms with Crippen molar-refractivity contribution in [2.75, 3.05) is 44.5 Å². The van der Waals surface area contributed by atoms with E-state index in [4.69, 9.17) is 9.47 Å². The predicted molar refractivity (Wildman–Crippen MR) is 80.9 cm³/mol. The van der Waals surface area contributed by atoms with Crippen LogP contribution in [-0.2, 0) is 9.47 Å². The van der Waals surface area contributed by atoms with Gasteiger partial charge in [0.25, 0.3) is 5.24 Å². The molecule has 1 amide bonds. The first-order valence-corrected chi connectivity index (χ1v) is 8.10. The van der Waals surface area contributed by atoms with Crippen molar-refractivity contribution in [3.8, 4) is 0 Å². The molecule has 0 aliphatic carbocycles. The fourth-order valence-electron chi connectivity index (χ4n) is 1.20. The summed E-state index contributed by atoms with van der Waals surface area (Å²) in [6.45, 7) is 5.32. The van der Waals surface area contributed by atoms with E-state index in [1.807, 2.05) is 0 Å². The second-order valence-electron chi connectivity index (χ2n) is 3.72. The number of nitrogens with one attached hydrogen (secondary N) is 1. The Balaban J connectivity index is 3.10. The minimum atomic E-state index is 0.0426. The number of rotatable bonds is 12. The Bertz CT molecular complexity index is 194. The molecule has 0 heterocycles. The van der Waals surface area contributed by atoms with Crippen LogP contribution in [-0.4, -0.2) is 49.7 Å². The maximum atomic E-state index is 11.3. The van der Waals surface area contributed by atoms with Gasteiger partial charge in [-0.3, -0.25) is 4.79 Å². The number of carbonyl (C=O) groups excluding carboxylic acids is 1. The van der Waals surface area contributed by atoms with Crippen molar-refractivity contribution in [2.45, 2.75) is 26.2 Å². The smallest absolute Gasteiger partial charge is 0.279 e. The summed E-state index contributed by atoms with van der Waals surface area (Å²) >= 11 is 5.30. The molecule has 0 saturated heterocycles. The Morgan fingerprint density at radius 3 is 2.56 bits per heavy atom. The monoisotopic (exact) mass is 295 g/mol. The molecule has 6 heteroatoms. The van der Waals surface area contributed by atoms with Gasteiger partial charge < -0.3 is 14.8 Å².